The number of nitrogens with zero attached hydrogens (tertiary/aromatic N) is 7. The van der Waals surface area contributed by atoms with Crippen LogP contribution in [0.1, 0.15) is 45.5 Å². The van der Waals surface area contributed by atoms with Gasteiger partial charge in [-0.1, -0.05) is 41.6 Å². The Bertz CT molecular complexity index is 1700. The molecule has 226 valence electrons. The van der Waals surface area contributed by atoms with Gasteiger partial charge in [0.05, 0.1) is 0 Å². The maximum absolute atomic E-state index is 13.4. The normalized spacial score (nSPS) is 14.3. The first-order chi connectivity index (χ1) is 21.3. The van der Waals surface area contributed by atoms with Gasteiger partial charge in [-0.2, -0.15) is 9.36 Å². The Labute approximate surface area is 261 Å². The van der Waals surface area contributed by atoms with Gasteiger partial charge in [0, 0.05) is 87.2 Å². The molecule has 1 amide bonds. The summed E-state index contributed by atoms with van der Waals surface area (Å²) in [6, 6.07) is 24.0. The fourth-order valence-corrected chi connectivity index (χ4v) is 6.20. The topological polar surface area (TPSA) is 118 Å². The third-order valence-electron chi connectivity index (χ3n) is 7.95. The molecule has 0 radical (unpaired) electrons. The van der Waals surface area contributed by atoms with E-state index in [2.05, 4.69) is 56.3 Å². The van der Waals surface area contributed by atoms with Crippen LogP contribution in [0.25, 0.3) is 11.4 Å². The number of carbonyl (C=O) groups excluding carboxylic acids is 1. The molecular formula is C33H36N8O2S. The number of hydrogen-bond donors (Lipinski definition) is 1. The number of aromatic nitrogens is 4. The summed E-state index contributed by atoms with van der Waals surface area (Å²) in [5.74, 6) is 1.84. The van der Waals surface area contributed by atoms with Gasteiger partial charge < -0.3 is 25.0 Å². The van der Waals surface area contributed by atoms with E-state index in [9.17, 15) is 4.79 Å². The van der Waals surface area contributed by atoms with E-state index in [4.69, 9.17) is 19.6 Å². The summed E-state index contributed by atoms with van der Waals surface area (Å²) >= 11 is 1.43. The molecule has 1 unspecified atom stereocenters. The van der Waals surface area contributed by atoms with Crippen LogP contribution in [0.4, 0.5) is 16.5 Å². The summed E-state index contributed by atoms with van der Waals surface area (Å²) in [4.78, 5) is 29.0. The SMILES string of the molecule is Cc1nc(-c2ccc(C(=O)N3CCCN(c4nc(C(Cc5ccc(N(C)C)cc5)c5ccc(N)cc5)ns4)CC3)cc2)no1. The average Bonchev–Trinajstić information content (AvgIpc) is 3.63. The van der Waals surface area contributed by atoms with Gasteiger partial charge in [-0.25, -0.2) is 4.98 Å². The number of aryl methyl sites for hydroxylation is 1. The van der Waals surface area contributed by atoms with Crippen LogP contribution in [0.2, 0.25) is 0 Å². The third kappa shape index (κ3) is 6.57. The van der Waals surface area contributed by atoms with Crippen LogP contribution in [0.5, 0.6) is 0 Å². The third-order valence-corrected chi connectivity index (χ3v) is 8.74. The van der Waals surface area contributed by atoms with Gasteiger partial charge in [-0.15, -0.1) is 0 Å². The van der Waals surface area contributed by atoms with Crippen molar-refractivity contribution in [3.63, 3.8) is 0 Å². The van der Waals surface area contributed by atoms with E-state index in [0.717, 1.165) is 52.8 Å². The van der Waals surface area contributed by atoms with Crippen LogP contribution >= 0.6 is 11.5 Å². The van der Waals surface area contributed by atoms with E-state index >= 15 is 0 Å². The summed E-state index contributed by atoms with van der Waals surface area (Å²) in [6.07, 6.45) is 1.63. The lowest BCUT2D eigenvalue weighted by molar-refractivity contribution is 0.0767. The maximum Gasteiger partial charge on any atom is 0.253 e. The van der Waals surface area contributed by atoms with Crippen LogP contribution in [0.15, 0.2) is 77.3 Å². The van der Waals surface area contributed by atoms with Crippen molar-refractivity contribution in [2.45, 2.75) is 25.7 Å². The molecule has 5 aromatic rings. The van der Waals surface area contributed by atoms with Crippen molar-refractivity contribution in [3.05, 3.63) is 101 Å². The lowest BCUT2D eigenvalue weighted by atomic mass is 9.91. The Kier molecular flexibility index (Phi) is 8.56. The zero-order valence-corrected chi connectivity index (χ0v) is 26.0. The predicted molar refractivity (Wildman–Crippen MR) is 174 cm³/mol. The molecule has 2 N–H and O–H groups in total. The first-order valence-electron chi connectivity index (χ1n) is 14.7. The average molecular weight is 609 g/mol. The van der Waals surface area contributed by atoms with Crippen LogP contribution in [-0.4, -0.2) is 70.6 Å². The van der Waals surface area contributed by atoms with Gasteiger partial charge in [-0.3, -0.25) is 4.79 Å². The Hall–Kier alpha value is -4.77. The standard InChI is InChI=1S/C33H36N8O2S/c1-22-35-30(37-43-22)25-7-9-26(10-8-25)32(42)40-17-4-18-41(20-19-40)33-36-31(38-44-33)29(24-11-13-27(34)14-12-24)21-23-5-15-28(16-6-23)39(2)3/h5-16,29H,4,17-21,34H2,1-3H3. The number of amides is 1. The van der Waals surface area contributed by atoms with Crippen molar-refractivity contribution in [1.29, 1.82) is 0 Å². The molecule has 6 rings (SSSR count). The Balaban J connectivity index is 1.15. The fraction of sp³-hybridized carbons (Fsp3) is 0.303. The first kappa shape index (κ1) is 29.3. The monoisotopic (exact) mass is 608 g/mol. The summed E-state index contributed by atoms with van der Waals surface area (Å²) < 4.78 is 9.93. The van der Waals surface area contributed by atoms with Gasteiger partial charge in [0.25, 0.3) is 5.91 Å². The molecule has 1 atom stereocenters. The highest BCUT2D eigenvalue weighted by Crippen LogP contribution is 2.31. The van der Waals surface area contributed by atoms with E-state index in [1.54, 1.807) is 6.92 Å². The van der Waals surface area contributed by atoms with E-state index in [-0.39, 0.29) is 11.8 Å². The van der Waals surface area contributed by atoms with E-state index < -0.39 is 0 Å². The fourth-order valence-electron chi connectivity index (χ4n) is 5.42. The van der Waals surface area contributed by atoms with E-state index in [1.807, 2.05) is 55.4 Å². The maximum atomic E-state index is 13.4. The summed E-state index contributed by atoms with van der Waals surface area (Å²) in [5, 5.41) is 4.85. The van der Waals surface area contributed by atoms with Crippen molar-refractivity contribution < 1.29 is 9.32 Å². The molecule has 44 heavy (non-hydrogen) atoms. The van der Waals surface area contributed by atoms with Gasteiger partial charge in [0.15, 0.2) is 5.82 Å². The lowest BCUT2D eigenvalue weighted by Crippen LogP contribution is -2.35. The van der Waals surface area contributed by atoms with Crippen LogP contribution in [0, 0.1) is 6.92 Å². The summed E-state index contributed by atoms with van der Waals surface area (Å²) in [5.41, 5.74) is 11.7. The number of rotatable bonds is 8. The zero-order valence-electron chi connectivity index (χ0n) is 25.2. The molecule has 3 heterocycles. The number of carbonyl (C=O) groups is 1. The molecule has 1 aliphatic heterocycles. The minimum absolute atomic E-state index is 0.00445. The highest BCUT2D eigenvalue weighted by Gasteiger charge is 2.25. The number of nitrogen functional groups attached to an aromatic ring is 1. The number of benzene rings is 3. The summed E-state index contributed by atoms with van der Waals surface area (Å²) in [6.45, 7) is 4.55. The van der Waals surface area contributed by atoms with Gasteiger partial charge in [0.2, 0.25) is 16.8 Å². The van der Waals surface area contributed by atoms with Crippen molar-refractivity contribution in [3.8, 4) is 11.4 Å². The van der Waals surface area contributed by atoms with Crippen LogP contribution in [-0.2, 0) is 6.42 Å². The van der Waals surface area contributed by atoms with Gasteiger partial charge in [-0.05, 0) is 60.4 Å². The first-order valence-corrected chi connectivity index (χ1v) is 15.5. The number of anilines is 3. The van der Waals surface area contributed by atoms with Crippen LogP contribution < -0.4 is 15.5 Å². The molecule has 1 aliphatic rings. The minimum Gasteiger partial charge on any atom is -0.399 e. The minimum atomic E-state index is -0.00445. The molecule has 10 nitrogen and oxygen atoms in total. The van der Waals surface area contributed by atoms with E-state index in [1.165, 1.54) is 17.1 Å². The molecule has 3 aromatic carbocycles. The number of hydrogen-bond acceptors (Lipinski definition) is 10. The van der Waals surface area contributed by atoms with Crippen molar-refractivity contribution in [2.75, 3.05) is 55.8 Å². The molecule has 0 saturated carbocycles. The van der Waals surface area contributed by atoms with Gasteiger partial charge in [0.1, 0.15) is 0 Å². The van der Waals surface area contributed by atoms with Crippen molar-refractivity contribution >= 4 is 33.9 Å². The summed E-state index contributed by atoms with van der Waals surface area (Å²) in [7, 11) is 4.09. The van der Waals surface area contributed by atoms with Crippen molar-refractivity contribution in [2.24, 2.45) is 0 Å². The molecule has 1 saturated heterocycles. The quantitative estimate of drug-likeness (QED) is 0.235. The molecule has 0 aliphatic carbocycles. The highest BCUT2D eigenvalue weighted by molar-refractivity contribution is 7.09. The smallest absolute Gasteiger partial charge is 0.253 e. The Morgan fingerprint density at radius 1 is 0.955 bits per heavy atom. The highest BCUT2D eigenvalue weighted by atomic mass is 32.1. The second-order valence-corrected chi connectivity index (χ2v) is 12.0. The van der Waals surface area contributed by atoms with Crippen LogP contribution in [0.3, 0.4) is 0 Å². The zero-order chi connectivity index (χ0) is 30.6. The van der Waals surface area contributed by atoms with E-state index in [0.29, 0.717) is 36.9 Å². The largest absolute Gasteiger partial charge is 0.399 e. The molecule has 0 bridgehead atoms. The Morgan fingerprint density at radius 3 is 2.39 bits per heavy atom. The molecule has 11 heteroatoms. The van der Waals surface area contributed by atoms with Crippen molar-refractivity contribution in [1.82, 2.24) is 24.4 Å². The number of nitrogens with two attached hydrogens (primary N) is 1. The Morgan fingerprint density at radius 2 is 1.70 bits per heavy atom. The predicted octanol–water partition coefficient (Wildman–Crippen LogP) is 5.27. The molecule has 2 aromatic heterocycles. The van der Waals surface area contributed by atoms with Gasteiger partial charge >= 0.3 is 0 Å². The molecular weight excluding hydrogens is 572 g/mol. The molecule has 0 spiro atoms. The molecule has 1 fully saturated rings. The second-order valence-electron chi connectivity index (χ2n) is 11.3. The second kappa shape index (κ2) is 12.8. The lowest BCUT2D eigenvalue weighted by Gasteiger charge is -2.21.